The molecule has 0 amide bonds. The molecule has 0 unspecified atom stereocenters. The van der Waals surface area contributed by atoms with Gasteiger partial charge in [-0.3, -0.25) is 0 Å². The topological polar surface area (TPSA) is 15.3 Å². The Kier molecular flexibility index (Phi) is 3.40. The van der Waals surface area contributed by atoms with E-state index in [4.69, 9.17) is 0 Å². The molecule has 1 fully saturated rings. The van der Waals surface area contributed by atoms with Crippen molar-refractivity contribution in [2.75, 3.05) is 4.23 Å². The number of nitrogens with zero attached hydrogens (tertiary/aromatic N) is 1. The van der Waals surface area contributed by atoms with Crippen LogP contribution in [-0.4, -0.2) is 19.7 Å². The van der Waals surface area contributed by atoms with Gasteiger partial charge in [0.25, 0.3) is 0 Å². The van der Waals surface area contributed by atoms with Crippen molar-refractivity contribution in [3.05, 3.63) is 91.0 Å². The molecule has 7 rings (SSSR count). The maximum Gasteiger partial charge on any atom is 0.185 e. The molecule has 1 N–H and O–H groups in total. The van der Waals surface area contributed by atoms with Gasteiger partial charge in [-0.2, -0.15) is 0 Å². The van der Waals surface area contributed by atoms with E-state index in [0.29, 0.717) is 0 Å². The Morgan fingerprint density at radius 1 is 0.467 bits per heavy atom. The van der Waals surface area contributed by atoms with Crippen molar-refractivity contribution < 1.29 is 0 Å². The summed E-state index contributed by atoms with van der Waals surface area (Å²) in [5, 5.41) is 13.5. The second-order valence-corrected chi connectivity index (χ2v) is 13.4. The van der Waals surface area contributed by atoms with E-state index in [1.54, 1.807) is 0 Å². The number of hydrogen-bond donors (Lipinski definition) is 1. The van der Waals surface area contributed by atoms with Crippen LogP contribution in [0.25, 0.3) is 53.9 Å². The van der Waals surface area contributed by atoms with Crippen LogP contribution in [0, 0.1) is 0 Å². The average Bonchev–Trinajstić information content (AvgIpc) is 2.75. The molecule has 6 aromatic rings. The molecule has 30 heavy (non-hydrogen) atoms. The van der Waals surface area contributed by atoms with Gasteiger partial charge in [0.15, 0.2) is 19.7 Å². The van der Waals surface area contributed by atoms with Crippen molar-refractivity contribution in [3.8, 4) is 0 Å². The van der Waals surface area contributed by atoms with Gasteiger partial charge in [-0.25, -0.2) is 0 Å². The van der Waals surface area contributed by atoms with Crippen LogP contribution < -0.4 is 8.88 Å². The van der Waals surface area contributed by atoms with Gasteiger partial charge >= 0.3 is 0 Å². The van der Waals surface area contributed by atoms with Crippen LogP contribution in [0.2, 0.25) is 0 Å². The highest BCUT2D eigenvalue weighted by molar-refractivity contribution is 6.77. The highest BCUT2D eigenvalue weighted by atomic mass is 28.4. The van der Waals surface area contributed by atoms with Crippen LogP contribution >= 0.6 is 0 Å². The maximum absolute atomic E-state index is 3.67. The van der Waals surface area contributed by atoms with Gasteiger partial charge in [0, 0.05) is 16.5 Å². The second-order valence-electron chi connectivity index (χ2n) is 8.33. The number of anilines is 1. The zero-order valence-electron chi connectivity index (χ0n) is 16.5. The molecular formula is C26H20N2Si2. The molecule has 0 bridgehead atoms. The minimum Gasteiger partial charge on any atom is -0.410 e. The van der Waals surface area contributed by atoms with E-state index in [1.165, 1.54) is 59.5 Å². The summed E-state index contributed by atoms with van der Waals surface area (Å²) < 4.78 is 6.38. The zero-order valence-corrected chi connectivity index (χ0v) is 19.4. The molecular weight excluding hydrogens is 396 g/mol. The molecule has 0 saturated carbocycles. The van der Waals surface area contributed by atoms with Gasteiger partial charge in [-0.05, 0) is 73.4 Å². The molecule has 0 aromatic heterocycles. The summed E-state index contributed by atoms with van der Waals surface area (Å²) in [6.07, 6.45) is 0. The number of benzene rings is 6. The number of rotatable bonds is 1. The molecule has 1 heterocycles. The molecule has 4 heteroatoms. The molecule has 2 nitrogen and oxygen atoms in total. The van der Waals surface area contributed by atoms with Crippen LogP contribution in [0.1, 0.15) is 0 Å². The van der Waals surface area contributed by atoms with E-state index in [9.17, 15) is 0 Å². The Labute approximate surface area is 179 Å². The SMILES string of the molecule is c1ccc2cc3c(ccc4cc5c(N6[SiH2]N[SiH2]6)c6ccccc6cc5cc43)cc2c1. The first-order chi connectivity index (χ1) is 14.8. The van der Waals surface area contributed by atoms with E-state index >= 15 is 0 Å². The van der Waals surface area contributed by atoms with Gasteiger partial charge in [0.2, 0.25) is 0 Å². The molecule has 1 aliphatic heterocycles. The number of nitrogens with one attached hydrogen (secondary N) is 1. The standard InChI is InChI=1S/C26H20N2Si2/c1-2-6-17-13-23-19(11-16(17)5-1)9-10-20-14-25-21(15-24(20)23)12-18-7-3-4-8-22(18)26(25)28-29-27-30-28/h1-15,27H,29-30H2. The van der Waals surface area contributed by atoms with E-state index in [0.717, 1.165) is 0 Å². The van der Waals surface area contributed by atoms with Gasteiger partial charge < -0.3 is 8.88 Å². The first-order valence-electron chi connectivity index (χ1n) is 10.5. The Balaban J connectivity index is 1.63. The van der Waals surface area contributed by atoms with Crippen molar-refractivity contribution >= 4 is 79.2 Å². The van der Waals surface area contributed by atoms with E-state index in [-0.39, 0.29) is 19.7 Å². The summed E-state index contributed by atoms with van der Waals surface area (Å²) >= 11 is 0. The lowest BCUT2D eigenvalue weighted by atomic mass is 9.94. The minimum absolute atomic E-state index is 0.319. The first-order valence-corrected chi connectivity index (χ1v) is 13.2. The third kappa shape index (κ3) is 2.32. The quantitative estimate of drug-likeness (QED) is 0.234. The van der Waals surface area contributed by atoms with Crippen molar-refractivity contribution in [3.63, 3.8) is 0 Å². The summed E-state index contributed by atoms with van der Waals surface area (Å²) in [5.74, 6) is 0. The summed E-state index contributed by atoms with van der Waals surface area (Å²) in [6, 6.07) is 34.0. The van der Waals surface area contributed by atoms with Crippen molar-refractivity contribution in [1.82, 2.24) is 4.65 Å². The lowest BCUT2D eigenvalue weighted by Gasteiger charge is -2.36. The van der Waals surface area contributed by atoms with Crippen LogP contribution in [-0.2, 0) is 0 Å². The first kappa shape index (κ1) is 16.6. The molecule has 1 saturated heterocycles. The van der Waals surface area contributed by atoms with Crippen molar-refractivity contribution in [2.45, 2.75) is 0 Å². The minimum atomic E-state index is -0.319. The van der Waals surface area contributed by atoms with Gasteiger partial charge in [-0.1, -0.05) is 60.7 Å². The summed E-state index contributed by atoms with van der Waals surface area (Å²) in [7, 11) is -0.639. The predicted octanol–water partition coefficient (Wildman–Crippen LogP) is 4.86. The number of fused-ring (bicyclic) bond motifs is 6. The monoisotopic (exact) mass is 416 g/mol. The fourth-order valence-corrected chi connectivity index (χ4v) is 7.80. The molecule has 0 radical (unpaired) electrons. The highest BCUT2D eigenvalue weighted by Gasteiger charge is 2.20. The largest absolute Gasteiger partial charge is 0.410 e. The fraction of sp³-hybridized carbons (Fsp3) is 0. The van der Waals surface area contributed by atoms with Crippen LogP contribution in [0.3, 0.4) is 0 Å². The van der Waals surface area contributed by atoms with Crippen molar-refractivity contribution in [2.24, 2.45) is 0 Å². The third-order valence-electron chi connectivity index (χ3n) is 6.58. The Morgan fingerprint density at radius 3 is 1.73 bits per heavy atom. The zero-order chi connectivity index (χ0) is 19.7. The van der Waals surface area contributed by atoms with Crippen LogP contribution in [0.5, 0.6) is 0 Å². The fourth-order valence-electron chi connectivity index (χ4n) is 5.01. The molecule has 1 aliphatic rings. The van der Waals surface area contributed by atoms with Crippen LogP contribution in [0.15, 0.2) is 91.0 Å². The summed E-state index contributed by atoms with van der Waals surface area (Å²) in [6.45, 7) is 0. The summed E-state index contributed by atoms with van der Waals surface area (Å²) in [4.78, 5) is 0. The molecule has 0 aliphatic carbocycles. The Hall–Kier alpha value is -3.19. The molecule has 0 spiro atoms. The second kappa shape index (κ2) is 6.16. The van der Waals surface area contributed by atoms with Crippen molar-refractivity contribution in [1.29, 1.82) is 0 Å². The molecule has 142 valence electrons. The van der Waals surface area contributed by atoms with E-state index < -0.39 is 0 Å². The van der Waals surface area contributed by atoms with Gasteiger partial charge in [0.1, 0.15) is 0 Å². The number of hydrogen-bond acceptors (Lipinski definition) is 2. The third-order valence-corrected chi connectivity index (χ3v) is 11.1. The maximum atomic E-state index is 3.67. The Bertz CT molecular complexity index is 1640. The van der Waals surface area contributed by atoms with Crippen LogP contribution in [0.4, 0.5) is 5.69 Å². The van der Waals surface area contributed by atoms with Gasteiger partial charge in [0.05, 0.1) is 0 Å². The predicted molar refractivity (Wildman–Crippen MR) is 137 cm³/mol. The van der Waals surface area contributed by atoms with Gasteiger partial charge in [-0.15, -0.1) is 0 Å². The van der Waals surface area contributed by atoms with E-state index in [2.05, 4.69) is 99.9 Å². The normalized spacial score (nSPS) is 15.8. The average molecular weight is 417 g/mol. The highest BCUT2D eigenvalue weighted by Crippen LogP contribution is 2.39. The molecule has 0 atom stereocenters. The lowest BCUT2D eigenvalue weighted by Crippen LogP contribution is -2.59. The van der Waals surface area contributed by atoms with E-state index in [1.807, 2.05) is 0 Å². The summed E-state index contributed by atoms with van der Waals surface area (Å²) in [5.41, 5.74) is 1.47. The lowest BCUT2D eigenvalue weighted by molar-refractivity contribution is 1.35. The Morgan fingerprint density at radius 2 is 1.00 bits per heavy atom. The smallest absolute Gasteiger partial charge is 0.185 e. The molecule has 6 aromatic carbocycles.